The predicted octanol–water partition coefficient (Wildman–Crippen LogP) is 0.0620. The number of hydrogen-bond donors (Lipinski definition) is 2. The summed E-state index contributed by atoms with van der Waals surface area (Å²) < 4.78 is 26.4. The third-order valence-corrected chi connectivity index (χ3v) is 3.13. The highest BCUT2D eigenvalue weighted by Gasteiger charge is 2.08. The van der Waals surface area contributed by atoms with Crippen LogP contribution in [0.4, 0.5) is 4.79 Å². The van der Waals surface area contributed by atoms with Crippen molar-refractivity contribution >= 4 is 21.7 Å². The van der Waals surface area contributed by atoms with Crippen molar-refractivity contribution in [2.45, 2.75) is 32.7 Å². The van der Waals surface area contributed by atoms with E-state index >= 15 is 0 Å². The molecule has 1 amide bonds. The van der Waals surface area contributed by atoms with Gasteiger partial charge in [-0.2, -0.15) is 0 Å². The van der Waals surface area contributed by atoms with Crippen LogP contribution in [-0.4, -0.2) is 51.6 Å². The van der Waals surface area contributed by atoms with Crippen molar-refractivity contribution in [3.63, 3.8) is 0 Å². The molecule has 7 nitrogen and oxygen atoms in total. The van der Waals surface area contributed by atoms with E-state index in [-0.39, 0.29) is 43.7 Å². The van der Waals surface area contributed by atoms with Gasteiger partial charge in [-0.05, 0) is 20.3 Å². The Morgan fingerprint density at radius 1 is 1.26 bits per heavy atom. The van der Waals surface area contributed by atoms with Crippen molar-refractivity contribution in [2.24, 2.45) is 0 Å². The maximum atomic E-state index is 11.3. The number of ether oxygens (including phenoxy) is 1. The summed E-state index contributed by atoms with van der Waals surface area (Å²) in [6.45, 7) is 3.75. The van der Waals surface area contributed by atoms with Crippen LogP contribution in [0.3, 0.4) is 0 Å². The van der Waals surface area contributed by atoms with Crippen LogP contribution in [0.25, 0.3) is 0 Å². The van der Waals surface area contributed by atoms with Crippen molar-refractivity contribution < 1.29 is 22.7 Å². The molecule has 0 aromatic rings. The first kappa shape index (κ1) is 17.8. The average molecular weight is 294 g/mol. The van der Waals surface area contributed by atoms with Crippen LogP contribution in [0.15, 0.2) is 0 Å². The molecular formula is C11H22N2O5S. The molecule has 0 aliphatic rings. The van der Waals surface area contributed by atoms with E-state index in [9.17, 15) is 18.0 Å². The molecule has 0 rings (SSSR count). The Balaban J connectivity index is 3.64. The number of rotatable bonds is 9. The van der Waals surface area contributed by atoms with Gasteiger partial charge in [0.2, 0.25) is 0 Å². The number of nitrogens with one attached hydrogen (secondary N) is 2. The normalized spacial score (nSPS) is 11.4. The van der Waals surface area contributed by atoms with E-state index in [4.69, 9.17) is 4.74 Å². The van der Waals surface area contributed by atoms with E-state index in [1.807, 2.05) is 13.8 Å². The largest absolute Gasteiger partial charge is 0.434 e. The number of hydrogen-bond acceptors (Lipinski definition) is 6. The molecule has 0 radical (unpaired) electrons. The van der Waals surface area contributed by atoms with Crippen molar-refractivity contribution in [2.75, 3.05) is 25.3 Å². The Labute approximate surface area is 114 Å². The van der Waals surface area contributed by atoms with Crippen molar-refractivity contribution in [1.29, 1.82) is 0 Å². The smallest absolute Gasteiger partial charge is 0.408 e. The summed E-state index contributed by atoms with van der Waals surface area (Å²) in [6.07, 6.45) is 0.833. The van der Waals surface area contributed by atoms with Gasteiger partial charge in [-0.15, -0.1) is 0 Å². The van der Waals surface area contributed by atoms with Crippen LogP contribution in [0.1, 0.15) is 26.7 Å². The molecule has 0 heterocycles. The van der Waals surface area contributed by atoms with E-state index < -0.39 is 15.9 Å². The van der Waals surface area contributed by atoms with Gasteiger partial charge in [0.25, 0.3) is 0 Å². The lowest BCUT2D eigenvalue weighted by Gasteiger charge is -2.09. The van der Waals surface area contributed by atoms with Gasteiger partial charge in [0.05, 0.1) is 12.3 Å². The second-order valence-corrected chi connectivity index (χ2v) is 6.82. The van der Waals surface area contributed by atoms with E-state index in [2.05, 4.69) is 10.6 Å². The molecule has 112 valence electrons. The summed E-state index contributed by atoms with van der Waals surface area (Å²) in [6, 6.07) is 0.199. The first-order valence-corrected chi connectivity index (χ1v) is 8.10. The quantitative estimate of drug-likeness (QED) is 0.583. The van der Waals surface area contributed by atoms with Gasteiger partial charge in [-0.3, -0.25) is 10.1 Å². The zero-order valence-corrected chi connectivity index (χ0v) is 12.4. The topological polar surface area (TPSA) is 102 Å². The van der Waals surface area contributed by atoms with E-state index in [1.165, 1.54) is 0 Å². The summed E-state index contributed by atoms with van der Waals surface area (Å²) in [4.78, 5) is 22.5. The number of Topliss-reactive ketones (excluding diaryl/α,β-unsaturated/α-hetero) is 1. The molecule has 0 atom stereocenters. The minimum absolute atomic E-state index is 0.0263. The second-order valence-electron chi connectivity index (χ2n) is 4.56. The van der Waals surface area contributed by atoms with Gasteiger partial charge in [0.1, 0.15) is 16.6 Å². The van der Waals surface area contributed by atoms with Gasteiger partial charge in [0, 0.05) is 18.7 Å². The van der Waals surface area contributed by atoms with Gasteiger partial charge >= 0.3 is 6.09 Å². The van der Waals surface area contributed by atoms with Crippen LogP contribution in [0.2, 0.25) is 0 Å². The summed E-state index contributed by atoms with van der Waals surface area (Å²) in [5.74, 6) is -0.251. The fraction of sp³-hybridized carbons (Fsp3) is 0.818. The van der Waals surface area contributed by atoms with Crippen LogP contribution < -0.4 is 10.6 Å². The highest BCUT2D eigenvalue weighted by Crippen LogP contribution is 1.95. The lowest BCUT2D eigenvalue weighted by atomic mass is 10.2. The van der Waals surface area contributed by atoms with Gasteiger partial charge in [-0.1, -0.05) is 0 Å². The Bertz CT molecular complexity index is 392. The van der Waals surface area contributed by atoms with Gasteiger partial charge in [-0.25, -0.2) is 13.2 Å². The van der Waals surface area contributed by atoms with Gasteiger partial charge in [0.15, 0.2) is 5.78 Å². The molecule has 0 spiro atoms. The molecule has 0 aliphatic carbocycles. The second kappa shape index (κ2) is 8.87. The van der Waals surface area contributed by atoms with Gasteiger partial charge < -0.3 is 10.1 Å². The average Bonchev–Trinajstić information content (AvgIpc) is 2.24. The molecule has 0 aromatic carbocycles. The molecule has 2 N–H and O–H groups in total. The molecule has 19 heavy (non-hydrogen) atoms. The number of ketones is 1. The number of carbonyl (C=O) groups is 2. The van der Waals surface area contributed by atoms with Crippen LogP contribution >= 0.6 is 0 Å². The Morgan fingerprint density at radius 3 is 2.42 bits per heavy atom. The molecule has 0 saturated carbocycles. The lowest BCUT2D eigenvalue weighted by Crippen LogP contribution is -2.34. The van der Waals surface area contributed by atoms with E-state index in [0.717, 1.165) is 6.26 Å². The van der Waals surface area contributed by atoms with Crippen molar-refractivity contribution in [3.8, 4) is 0 Å². The highest BCUT2D eigenvalue weighted by atomic mass is 32.2. The lowest BCUT2D eigenvalue weighted by molar-refractivity contribution is -0.118. The molecule has 0 bridgehead atoms. The number of carbonyl (C=O) groups excluding carboxylic acids is 2. The minimum Gasteiger partial charge on any atom is -0.434 e. The molecule has 0 unspecified atom stereocenters. The monoisotopic (exact) mass is 294 g/mol. The van der Waals surface area contributed by atoms with E-state index in [1.54, 1.807) is 0 Å². The van der Waals surface area contributed by atoms with Crippen LogP contribution in [0, 0.1) is 0 Å². The summed E-state index contributed by atoms with van der Waals surface area (Å²) in [5.41, 5.74) is 0. The third-order valence-electron chi connectivity index (χ3n) is 2.10. The van der Waals surface area contributed by atoms with Crippen LogP contribution in [0.5, 0.6) is 0 Å². The number of alkyl carbamates (subject to hydrolysis) is 1. The first-order chi connectivity index (χ1) is 8.70. The Morgan fingerprint density at radius 2 is 1.89 bits per heavy atom. The summed E-state index contributed by atoms with van der Waals surface area (Å²) in [7, 11) is -3.04. The Kier molecular flexibility index (Phi) is 8.33. The highest BCUT2D eigenvalue weighted by molar-refractivity contribution is 7.90. The molecule has 8 heteroatoms. The molecular weight excluding hydrogens is 272 g/mol. The van der Waals surface area contributed by atoms with Crippen LogP contribution in [-0.2, 0) is 19.4 Å². The maximum Gasteiger partial charge on any atom is 0.408 e. The SMILES string of the molecule is CC(C)NCOC(=O)NCC(=O)CCCS(C)(=O)=O. The zero-order chi connectivity index (χ0) is 14.9. The molecule has 0 saturated heterocycles. The Hall–Kier alpha value is -1.15. The fourth-order valence-corrected chi connectivity index (χ4v) is 1.78. The maximum absolute atomic E-state index is 11.3. The molecule has 0 aromatic heterocycles. The molecule has 0 aliphatic heterocycles. The van der Waals surface area contributed by atoms with Crippen molar-refractivity contribution in [3.05, 3.63) is 0 Å². The summed E-state index contributed by atoms with van der Waals surface area (Å²) >= 11 is 0. The van der Waals surface area contributed by atoms with E-state index in [0.29, 0.717) is 0 Å². The molecule has 0 fully saturated rings. The first-order valence-electron chi connectivity index (χ1n) is 6.04. The zero-order valence-electron chi connectivity index (χ0n) is 11.6. The predicted molar refractivity (Wildman–Crippen MR) is 71.6 cm³/mol. The number of amides is 1. The van der Waals surface area contributed by atoms with Crippen molar-refractivity contribution in [1.82, 2.24) is 10.6 Å². The minimum atomic E-state index is -3.04. The third kappa shape index (κ3) is 13.1. The number of sulfone groups is 1. The fourth-order valence-electron chi connectivity index (χ4n) is 1.12. The summed E-state index contributed by atoms with van der Waals surface area (Å²) in [5, 5.41) is 5.18. The standard InChI is InChI=1S/C11H22N2O5S/c1-9(2)13-8-18-11(15)12-7-10(14)5-4-6-19(3,16)17/h9,13H,4-8H2,1-3H3,(H,12,15).